The molecule has 1 fully saturated rings. The second-order valence-electron chi connectivity index (χ2n) is 2.61. The Hall–Kier alpha value is 0.0200. The van der Waals surface area contributed by atoms with Crippen molar-refractivity contribution in [3.05, 3.63) is 0 Å². The van der Waals surface area contributed by atoms with Crippen LogP contribution in [0.4, 0.5) is 8.78 Å². The largest absolute Gasteiger partial charge is 0.345 e. The number of ether oxygens (including phenoxy) is 1. The van der Waals surface area contributed by atoms with Gasteiger partial charge in [-0.05, 0) is 6.42 Å². The fourth-order valence-electron chi connectivity index (χ4n) is 1.15. The minimum atomic E-state index is -3.79. The lowest BCUT2D eigenvalue weighted by molar-refractivity contribution is -0.157. The number of hydrogen-bond acceptors (Lipinski definition) is 3. The number of hydrogen-bond donors (Lipinski definition) is 0. The Labute approximate surface area is 79.0 Å². The first-order valence-electron chi connectivity index (χ1n) is 3.53. The van der Waals surface area contributed by atoms with Crippen LogP contribution in [0.1, 0.15) is 6.42 Å². The molecule has 0 radical (unpaired) electrons. The molecular weight excluding hydrogens is 228 g/mol. The average molecular weight is 236 g/mol. The number of alkyl halides is 2. The zero-order chi connectivity index (χ0) is 10.1. The van der Waals surface area contributed by atoms with E-state index in [0.29, 0.717) is 0 Å². The van der Waals surface area contributed by atoms with Crippen molar-refractivity contribution in [3.63, 3.8) is 0 Å². The van der Waals surface area contributed by atoms with E-state index < -0.39 is 22.0 Å². The zero-order valence-corrected chi connectivity index (χ0v) is 8.06. The summed E-state index contributed by atoms with van der Waals surface area (Å²) in [6, 6.07) is 0. The molecule has 1 aliphatic heterocycles. The predicted molar refractivity (Wildman–Crippen MR) is 41.8 cm³/mol. The Morgan fingerprint density at radius 3 is 2.54 bits per heavy atom. The molecule has 4 nitrogen and oxygen atoms in total. The highest BCUT2D eigenvalue weighted by Crippen LogP contribution is 2.20. The van der Waals surface area contributed by atoms with Crippen LogP contribution in [0, 0.1) is 0 Å². The van der Waals surface area contributed by atoms with Crippen molar-refractivity contribution in [2.24, 2.45) is 0 Å². The van der Waals surface area contributed by atoms with Crippen molar-refractivity contribution in [1.82, 2.24) is 4.31 Å². The summed E-state index contributed by atoms with van der Waals surface area (Å²) < 4.78 is 49.8. The Morgan fingerprint density at radius 2 is 2.15 bits per heavy atom. The van der Waals surface area contributed by atoms with Crippen molar-refractivity contribution in [2.45, 2.75) is 19.1 Å². The van der Waals surface area contributed by atoms with Gasteiger partial charge in [0.1, 0.15) is 0 Å². The number of nitrogens with zero attached hydrogens (tertiary/aromatic N) is 1. The summed E-state index contributed by atoms with van der Waals surface area (Å²) in [7, 11) is 1.21. The zero-order valence-electron chi connectivity index (χ0n) is 6.49. The van der Waals surface area contributed by atoms with E-state index in [1.54, 1.807) is 0 Å². The minimum Gasteiger partial charge on any atom is -0.318 e. The molecule has 0 aromatic heterocycles. The van der Waals surface area contributed by atoms with E-state index in [1.165, 1.54) is 0 Å². The van der Waals surface area contributed by atoms with Gasteiger partial charge in [0.2, 0.25) is 0 Å². The summed E-state index contributed by atoms with van der Waals surface area (Å²) in [5.74, 6) is 0. The van der Waals surface area contributed by atoms with Gasteiger partial charge in [0, 0.05) is 23.8 Å². The molecule has 1 aliphatic rings. The molecule has 0 unspecified atom stereocenters. The third-order valence-corrected chi connectivity index (χ3v) is 3.25. The standard InChI is InChI=1S/C5H8ClF2NO3S/c6-13(10,11)9-2-1-4(3-9)12-5(7)8/h4-5H,1-3H2/t4-/m1/s1. The van der Waals surface area contributed by atoms with E-state index >= 15 is 0 Å². The van der Waals surface area contributed by atoms with E-state index in [1.807, 2.05) is 0 Å². The molecule has 0 spiro atoms. The molecule has 78 valence electrons. The molecule has 8 heteroatoms. The third kappa shape index (κ3) is 3.34. The third-order valence-electron chi connectivity index (χ3n) is 1.71. The Morgan fingerprint density at radius 1 is 1.54 bits per heavy atom. The normalized spacial score (nSPS) is 25.7. The van der Waals surface area contributed by atoms with Gasteiger partial charge < -0.3 is 4.74 Å². The fourth-order valence-corrected chi connectivity index (χ4v) is 2.20. The molecule has 0 aromatic carbocycles. The lowest BCUT2D eigenvalue weighted by Gasteiger charge is -2.11. The van der Waals surface area contributed by atoms with E-state index in [-0.39, 0.29) is 19.5 Å². The number of rotatable bonds is 3. The Balaban J connectivity index is 2.46. The highest BCUT2D eigenvalue weighted by molar-refractivity contribution is 8.11. The molecule has 0 saturated carbocycles. The van der Waals surface area contributed by atoms with E-state index in [4.69, 9.17) is 10.7 Å². The van der Waals surface area contributed by atoms with Gasteiger partial charge in [0.05, 0.1) is 6.10 Å². The lowest BCUT2D eigenvalue weighted by atomic mass is 10.3. The van der Waals surface area contributed by atoms with Gasteiger partial charge in [0.15, 0.2) is 0 Å². The van der Waals surface area contributed by atoms with Crippen molar-refractivity contribution in [2.75, 3.05) is 13.1 Å². The first-order chi connectivity index (χ1) is 5.89. The fraction of sp³-hybridized carbons (Fsp3) is 1.00. The summed E-state index contributed by atoms with van der Waals surface area (Å²) >= 11 is 0. The summed E-state index contributed by atoms with van der Waals surface area (Å²) in [5, 5.41) is 0. The van der Waals surface area contributed by atoms with Crippen LogP contribution in [0.15, 0.2) is 0 Å². The molecule has 0 bridgehead atoms. The Bertz CT molecular complexity index is 271. The summed E-state index contributed by atoms with van der Waals surface area (Å²) in [5.41, 5.74) is 0. The quantitative estimate of drug-likeness (QED) is 0.680. The van der Waals surface area contributed by atoms with Crippen molar-refractivity contribution in [3.8, 4) is 0 Å². The van der Waals surface area contributed by atoms with Gasteiger partial charge in [-0.1, -0.05) is 0 Å². The second kappa shape index (κ2) is 4.04. The minimum absolute atomic E-state index is 0.101. The van der Waals surface area contributed by atoms with Crippen LogP contribution in [0.25, 0.3) is 0 Å². The topological polar surface area (TPSA) is 46.6 Å². The maximum atomic E-state index is 11.7. The van der Waals surface area contributed by atoms with Crippen LogP contribution >= 0.6 is 10.7 Å². The van der Waals surface area contributed by atoms with Gasteiger partial charge in [-0.3, -0.25) is 0 Å². The van der Waals surface area contributed by atoms with Crippen LogP contribution in [-0.2, 0) is 14.0 Å². The van der Waals surface area contributed by atoms with Crippen LogP contribution in [0.5, 0.6) is 0 Å². The molecule has 0 N–H and O–H groups in total. The maximum Gasteiger partial charge on any atom is 0.345 e. The van der Waals surface area contributed by atoms with Gasteiger partial charge in [-0.2, -0.15) is 21.5 Å². The summed E-state index contributed by atoms with van der Waals surface area (Å²) in [6.07, 6.45) is -0.510. The van der Waals surface area contributed by atoms with Gasteiger partial charge >= 0.3 is 6.61 Å². The lowest BCUT2D eigenvalue weighted by Crippen LogP contribution is -2.27. The number of halogens is 3. The van der Waals surface area contributed by atoms with Crippen LogP contribution in [0.2, 0.25) is 0 Å². The molecule has 1 saturated heterocycles. The molecule has 1 atom stereocenters. The van der Waals surface area contributed by atoms with Crippen molar-refractivity contribution < 1.29 is 21.9 Å². The van der Waals surface area contributed by atoms with E-state index in [2.05, 4.69) is 4.74 Å². The van der Waals surface area contributed by atoms with Crippen molar-refractivity contribution in [1.29, 1.82) is 0 Å². The summed E-state index contributed by atoms with van der Waals surface area (Å²) in [4.78, 5) is 0. The predicted octanol–water partition coefficient (Wildman–Crippen LogP) is 0.784. The van der Waals surface area contributed by atoms with E-state index in [9.17, 15) is 17.2 Å². The molecule has 0 aliphatic carbocycles. The van der Waals surface area contributed by atoms with Gasteiger partial charge in [-0.25, -0.2) is 0 Å². The van der Waals surface area contributed by atoms with Crippen LogP contribution in [-0.4, -0.2) is 38.5 Å². The molecule has 0 aromatic rings. The second-order valence-corrected chi connectivity index (χ2v) is 5.12. The molecular formula is C5H8ClF2NO3S. The van der Waals surface area contributed by atoms with Crippen LogP contribution < -0.4 is 0 Å². The first kappa shape index (κ1) is 11.1. The molecule has 1 rings (SSSR count). The maximum absolute atomic E-state index is 11.7. The van der Waals surface area contributed by atoms with Gasteiger partial charge in [0.25, 0.3) is 9.24 Å². The molecule has 0 amide bonds. The summed E-state index contributed by atoms with van der Waals surface area (Å²) in [6.45, 7) is -2.85. The average Bonchev–Trinajstić information content (AvgIpc) is 2.32. The Kier molecular flexibility index (Phi) is 3.44. The SMILES string of the molecule is O=S(=O)(Cl)N1CC[C@@H](OC(F)F)C1. The van der Waals surface area contributed by atoms with E-state index in [0.717, 1.165) is 4.31 Å². The van der Waals surface area contributed by atoms with Crippen molar-refractivity contribution >= 4 is 19.9 Å². The molecule has 1 heterocycles. The monoisotopic (exact) mass is 235 g/mol. The first-order valence-corrected chi connectivity index (χ1v) is 5.79. The highest BCUT2D eigenvalue weighted by atomic mass is 35.7. The smallest absolute Gasteiger partial charge is 0.318 e. The highest BCUT2D eigenvalue weighted by Gasteiger charge is 2.31. The van der Waals surface area contributed by atoms with Crippen LogP contribution in [0.3, 0.4) is 0 Å². The molecule has 13 heavy (non-hydrogen) atoms. The van der Waals surface area contributed by atoms with Gasteiger partial charge in [-0.15, -0.1) is 0 Å².